The van der Waals surface area contributed by atoms with Crippen molar-refractivity contribution < 1.29 is 18.8 Å². The van der Waals surface area contributed by atoms with E-state index in [4.69, 9.17) is 18.8 Å². The summed E-state index contributed by atoms with van der Waals surface area (Å²) in [5.41, 5.74) is 2.38. The van der Waals surface area contributed by atoms with Crippen LogP contribution in [0.4, 0.5) is 0 Å². The zero-order valence-electron chi connectivity index (χ0n) is 16.0. The maximum Gasteiger partial charge on any atom is 0.576 e. The Kier molecular flexibility index (Phi) is 6.62. The van der Waals surface area contributed by atoms with Crippen molar-refractivity contribution in [1.29, 1.82) is 0 Å². The van der Waals surface area contributed by atoms with Crippen LogP contribution in [0.1, 0.15) is 50.7 Å². The molecule has 0 fully saturated rings. The van der Waals surface area contributed by atoms with Gasteiger partial charge in [0.25, 0.3) is 0 Å². The molecule has 0 spiro atoms. The molecule has 0 aliphatic carbocycles. The van der Waals surface area contributed by atoms with Crippen LogP contribution in [0.25, 0.3) is 0 Å². The number of hydrogen-bond donors (Lipinski definition) is 0. The topological polar surface area (TPSA) is 36.9 Å². The molecule has 0 N–H and O–H groups in total. The molecule has 0 bridgehead atoms. The first-order valence-corrected chi connectivity index (χ1v) is 8.57. The molecule has 4 nitrogen and oxygen atoms in total. The summed E-state index contributed by atoms with van der Waals surface area (Å²) in [6, 6.07) is 11.9. The smallest absolute Gasteiger partial charge is 0.526 e. The summed E-state index contributed by atoms with van der Waals surface area (Å²) in [7, 11) is 3.34. The normalized spacial score (nSPS) is 10.7. The van der Waals surface area contributed by atoms with E-state index in [1.54, 1.807) is 14.2 Å². The van der Waals surface area contributed by atoms with E-state index in [2.05, 4.69) is 27.7 Å². The third-order valence-corrected chi connectivity index (χ3v) is 4.14. The van der Waals surface area contributed by atoms with Crippen molar-refractivity contribution in [2.45, 2.75) is 39.5 Å². The predicted octanol–water partition coefficient (Wildman–Crippen LogP) is 4.67. The van der Waals surface area contributed by atoms with Gasteiger partial charge in [-0.3, -0.25) is 0 Å². The van der Waals surface area contributed by atoms with Crippen molar-refractivity contribution in [2.75, 3.05) is 14.2 Å². The Balaban J connectivity index is 2.12. The van der Waals surface area contributed by atoms with Crippen LogP contribution < -0.4 is 18.8 Å². The SMILES string of the molecule is COc1ccc(C(C)C)cc1OBOc1cc(C(C)C)ccc1OC. The van der Waals surface area contributed by atoms with E-state index >= 15 is 0 Å². The lowest BCUT2D eigenvalue weighted by Crippen LogP contribution is -2.12. The van der Waals surface area contributed by atoms with E-state index < -0.39 is 0 Å². The standard InChI is InChI=1S/C20H27BO4/c1-13(2)15-7-9-17(22-5)19(11-15)24-21-25-20-12-16(14(3)4)8-10-18(20)23-6/h7-14,21H,1-6H3. The number of methoxy groups -OCH3 is 2. The highest BCUT2D eigenvalue weighted by Crippen LogP contribution is 2.32. The minimum absolute atomic E-state index is 0.0792. The second kappa shape index (κ2) is 8.70. The highest BCUT2D eigenvalue weighted by molar-refractivity contribution is 6.21. The summed E-state index contributed by atoms with van der Waals surface area (Å²) < 4.78 is 22.4. The molecule has 134 valence electrons. The lowest BCUT2D eigenvalue weighted by Gasteiger charge is -2.16. The highest BCUT2D eigenvalue weighted by atomic mass is 16.6. The molecule has 0 atom stereocenters. The average Bonchev–Trinajstić information content (AvgIpc) is 2.61. The van der Waals surface area contributed by atoms with Gasteiger partial charge in [0.1, 0.15) is 11.5 Å². The maximum atomic E-state index is 5.82. The molecule has 0 unspecified atom stereocenters. The van der Waals surface area contributed by atoms with Gasteiger partial charge in [-0.25, -0.2) is 0 Å². The van der Waals surface area contributed by atoms with Crippen molar-refractivity contribution in [3.63, 3.8) is 0 Å². The minimum Gasteiger partial charge on any atom is -0.526 e. The maximum absolute atomic E-state index is 5.82. The molecule has 0 aliphatic heterocycles. The van der Waals surface area contributed by atoms with Gasteiger partial charge in [0.2, 0.25) is 0 Å². The quantitative estimate of drug-likeness (QED) is 0.653. The van der Waals surface area contributed by atoms with Crippen LogP contribution in [0, 0.1) is 0 Å². The van der Waals surface area contributed by atoms with Crippen LogP contribution in [0.15, 0.2) is 36.4 Å². The van der Waals surface area contributed by atoms with Crippen LogP contribution in [0.5, 0.6) is 23.0 Å². The summed E-state index contributed by atoms with van der Waals surface area (Å²) in [5.74, 6) is 3.56. The third-order valence-electron chi connectivity index (χ3n) is 4.14. The van der Waals surface area contributed by atoms with E-state index in [0.717, 1.165) is 0 Å². The molecule has 2 rings (SSSR count). The van der Waals surface area contributed by atoms with Gasteiger partial charge in [-0.05, 0) is 47.2 Å². The fourth-order valence-corrected chi connectivity index (χ4v) is 2.49. The lowest BCUT2D eigenvalue weighted by molar-refractivity contribution is 0.369. The summed E-state index contributed by atoms with van der Waals surface area (Å²) in [5, 5.41) is 0. The van der Waals surface area contributed by atoms with E-state index in [0.29, 0.717) is 34.8 Å². The third kappa shape index (κ3) is 4.85. The zero-order valence-corrected chi connectivity index (χ0v) is 16.0. The van der Waals surface area contributed by atoms with Crippen molar-refractivity contribution in [2.24, 2.45) is 0 Å². The number of benzene rings is 2. The van der Waals surface area contributed by atoms with Crippen LogP contribution in [0.2, 0.25) is 0 Å². The van der Waals surface area contributed by atoms with Crippen LogP contribution in [-0.4, -0.2) is 21.9 Å². The Hall–Kier alpha value is -2.30. The first-order valence-electron chi connectivity index (χ1n) is 8.57. The fraction of sp³-hybridized carbons (Fsp3) is 0.400. The van der Waals surface area contributed by atoms with Crippen LogP contribution in [-0.2, 0) is 0 Å². The molecule has 0 radical (unpaired) electrons. The lowest BCUT2D eigenvalue weighted by atomic mass is 10.0. The first kappa shape index (κ1) is 19.0. The molecular formula is C20H27BO4. The average molecular weight is 342 g/mol. The molecule has 5 heteroatoms. The fourth-order valence-electron chi connectivity index (χ4n) is 2.49. The molecule has 2 aromatic carbocycles. The summed E-state index contributed by atoms with van der Waals surface area (Å²) in [4.78, 5) is 0. The highest BCUT2D eigenvalue weighted by Gasteiger charge is 2.12. The van der Waals surface area contributed by atoms with Crippen molar-refractivity contribution in [1.82, 2.24) is 0 Å². The summed E-state index contributed by atoms with van der Waals surface area (Å²) in [6.07, 6.45) is 0. The van der Waals surface area contributed by atoms with Crippen molar-refractivity contribution in [3.05, 3.63) is 47.5 Å². The van der Waals surface area contributed by atoms with Gasteiger partial charge in [-0.15, -0.1) is 0 Å². The molecule has 0 saturated carbocycles. The molecule has 25 heavy (non-hydrogen) atoms. The van der Waals surface area contributed by atoms with Gasteiger partial charge in [0.15, 0.2) is 11.5 Å². The molecule has 0 amide bonds. The second-order valence-corrected chi connectivity index (χ2v) is 6.54. The van der Waals surface area contributed by atoms with E-state index in [1.807, 2.05) is 36.4 Å². The van der Waals surface area contributed by atoms with Gasteiger partial charge < -0.3 is 18.8 Å². The molecular weight excluding hydrogens is 315 g/mol. The molecule has 2 aromatic rings. The Morgan fingerprint density at radius 2 is 1.04 bits per heavy atom. The molecule has 0 heterocycles. The minimum atomic E-state index is 0.0792. The largest absolute Gasteiger partial charge is 0.576 e. The van der Waals surface area contributed by atoms with E-state index in [1.165, 1.54) is 11.1 Å². The Morgan fingerprint density at radius 1 is 0.640 bits per heavy atom. The number of ether oxygens (including phenoxy) is 2. The zero-order chi connectivity index (χ0) is 18.4. The monoisotopic (exact) mass is 342 g/mol. The van der Waals surface area contributed by atoms with Crippen molar-refractivity contribution >= 4 is 7.69 Å². The van der Waals surface area contributed by atoms with Gasteiger partial charge in [-0.1, -0.05) is 39.8 Å². The predicted molar refractivity (Wildman–Crippen MR) is 103 cm³/mol. The van der Waals surface area contributed by atoms with Gasteiger partial charge in [0.05, 0.1) is 14.2 Å². The van der Waals surface area contributed by atoms with Gasteiger partial charge in [-0.2, -0.15) is 0 Å². The second-order valence-electron chi connectivity index (χ2n) is 6.54. The van der Waals surface area contributed by atoms with Gasteiger partial charge >= 0.3 is 7.69 Å². The van der Waals surface area contributed by atoms with Crippen LogP contribution >= 0.6 is 0 Å². The number of hydrogen-bond acceptors (Lipinski definition) is 4. The molecule has 0 saturated heterocycles. The Bertz CT molecular complexity index is 639. The summed E-state index contributed by atoms with van der Waals surface area (Å²) in [6.45, 7) is 8.57. The Morgan fingerprint density at radius 3 is 1.36 bits per heavy atom. The molecule has 0 aliphatic rings. The Labute approximate surface area is 151 Å². The van der Waals surface area contributed by atoms with Crippen molar-refractivity contribution in [3.8, 4) is 23.0 Å². The van der Waals surface area contributed by atoms with E-state index in [9.17, 15) is 0 Å². The first-order chi connectivity index (χ1) is 12.0. The van der Waals surface area contributed by atoms with Crippen LogP contribution in [0.3, 0.4) is 0 Å². The number of rotatable bonds is 8. The summed E-state index contributed by atoms with van der Waals surface area (Å²) >= 11 is 0. The van der Waals surface area contributed by atoms with Gasteiger partial charge in [0, 0.05) is 0 Å². The van der Waals surface area contributed by atoms with E-state index in [-0.39, 0.29) is 7.69 Å². The molecule has 0 aromatic heterocycles.